The second-order valence-electron chi connectivity index (χ2n) is 8.39. The molecule has 0 aliphatic carbocycles. The normalized spacial score (nSPS) is 20.3. The van der Waals surface area contributed by atoms with Gasteiger partial charge in [-0.05, 0) is 30.5 Å². The Bertz CT molecular complexity index is 1230. The maximum atomic E-state index is 13.4. The van der Waals surface area contributed by atoms with E-state index in [0.29, 0.717) is 0 Å². The number of para-hydroxylation sites is 1. The quantitative estimate of drug-likeness (QED) is 0.529. The molecule has 0 saturated carbocycles. The van der Waals surface area contributed by atoms with Crippen molar-refractivity contribution in [2.24, 2.45) is 5.92 Å². The summed E-state index contributed by atoms with van der Waals surface area (Å²) in [7, 11) is -6.03. The Morgan fingerprint density at radius 1 is 1.26 bits per heavy atom. The first-order valence-corrected chi connectivity index (χ1v) is 14.8. The number of aliphatic hydroxyl groups excluding tert-OH is 1. The summed E-state index contributed by atoms with van der Waals surface area (Å²) in [5, 5.41) is 11.4. The third-order valence-corrected chi connectivity index (χ3v) is 9.74. The molecule has 0 bridgehead atoms. The van der Waals surface area contributed by atoms with Crippen LogP contribution in [0.1, 0.15) is 24.2 Å². The number of sulfonamides is 2. The fourth-order valence-corrected chi connectivity index (χ4v) is 6.01. The molecule has 0 fully saturated rings. The Morgan fingerprint density at radius 3 is 2.56 bits per heavy atom. The molecule has 34 heavy (non-hydrogen) atoms. The monoisotopic (exact) mass is 531 g/mol. The van der Waals surface area contributed by atoms with Gasteiger partial charge in [-0.3, -0.25) is 9.52 Å². The van der Waals surface area contributed by atoms with E-state index in [1.54, 1.807) is 18.4 Å². The van der Waals surface area contributed by atoms with Gasteiger partial charge in [0.25, 0.3) is 15.9 Å². The summed E-state index contributed by atoms with van der Waals surface area (Å²) < 4.78 is 59.8. The molecule has 13 heteroatoms. The van der Waals surface area contributed by atoms with E-state index < -0.39 is 38.1 Å². The molecule has 0 radical (unpaired) electrons. The highest BCUT2D eigenvalue weighted by atomic mass is 32.2. The van der Waals surface area contributed by atoms with Crippen molar-refractivity contribution in [2.45, 2.75) is 30.2 Å². The van der Waals surface area contributed by atoms with Crippen molar-refractivity contribution < 1.29 is 31.5 Å². The van der Waals surface area contributed by atoms with E-state index in [4.69, 9.17) is 4.74 Å². The number of aliphatic hydroxyl groups is 1. The van der Waals surface area contributed by atoms with Crippen molar-refractivity contribution in [1.29, 1.82) is 0 Å². The zero-order valence-corrected chi connectivity index (χ0v) is 21.8. The first kappa shape index (κ1) is 26.4. The molecule has 0 unspecified atom stereocenters. The molecule has 1 aromatic heterocycles. The van der Waals surface area contributed by atoms with Gasteiger partial charge in [-0.25, -0.2) is 21.1 Å². The maximum Gasteiger partial charge on any atom is 0.271 e. The van der Waals surface area contributed by atoms with Crippen LogP contribution >= 0.6 is 11.3 Å². The molecule has 2 heterocycles. The summed E-state index contributed by atoms with van der Waals surface area (Å²) >= 11 is 1.05. The van der Waals surface area contributed by atoms with Crippen LogP contribution in [0.15, 0.2) is 39.9 Å². The van der Waals surface area contributed by atoms with Crippen LogP contribution < -0.4 is 9.46 Å². The molecule has 0 saturated heterocycles. The third-order valence-electron chi connectivity index (χ3n) is 5.70. The molecule has 10 nitrogen and oxygen atoms in total. The van der Waals surface area contributed by atoms with Gasteiger partial charge >= 0.3 is 0 Å². The number of hydrogen-bond donors (Lipinski definition) is 2. The number of nitrogens with one attached hydrogen (secondary N) is 1. The molecule has 1 amide bonds. The number of likely N-dealkylation sites (N-methyl/N-ethyl adjacent to an activating group) is 1. The van der Waals surface area contributed by atoms with Gasteiger partial charge in [0, 0.05) is 19.5 Å². The highest BCUT2D eigenvalue weighted by Crippen LogP contribution is 2.36. The van der Waals surface area contributed by atoms with Crippen LogP contribution in [0.2, 0.25) is 0 Å². The van der Waals surface area contributed by atoms with Crippen molar-refractivity contribution in [3.8, 4) is 5.75 Å². The summed E-state index contributed by atoms with van der Waals surface area (Å²) in [4.78, 5) is 14.9. The Morgan fingerprint density at radius 2 is 1.97 bits per heavy atom. The third kappa shape index (κ3) is 5.71. The molecule has 188 valence electrons. The van der Waals surface area contributed by atoms with Crippen molar-refractivity contribution in [2.75, 3.05) is 37.7 Å². The average Bonchev–Trinajstić information content (AvgIpc) is 3.31. The lowest BCUT2D eigenvalue weighted by Gasteiger charge is -2.38. The number of ether oxygens (including phenoxy) is 1. The second kappa shape index (κ2) is 10.2. The zero-order valence-electron chi connectivity index (χ0n) is 19.3. The fraction of sp³-hybridized carbons (Fsp3) is 0.476. The van der Waals surface area contributed by atoms with Crippen molar-refractivity contribution in [3.63, 3.8) is 0 Å². The smallest absolute Gasteiger partial charge is 0.271 e. The van der Waals surface area contributed by atoms with E-state index in [1.807, 2.05) is 6.92 Å². The summed E-state index contributed by atoms with van der Waals surface area (Å²) in [6, 6.07) is 7.10. The fourth-order valence-electron chi connectivity index (χ4n) is 3.54. The molecular formula is C21H29N3O7S3. The molecule has 1 aliphatic rings. The van der Waals surface area contributed by atoms with Gasteiger partial charge in [0.15, 0.2) is 5.75 Å². The number of anilines is 1. The molecule has 0 spiro atoms. The minimum Gasteiger partial charge on any atom is -0.486 e. The number of nitrogens with zero attached hydrogens (tertiary/aromatic N) is 2. The summed E-state index contributed by atoms with van der Waals surface area (Å²) in [5.74, 6) is -0.742. The number of thiophene rings is 1. The van der Waals surface area contributed by atoms with Gasteiger partial charge < -0.3 is 14.7 Å². The number of fused-ring (bicyclic) bond motifs is 1. The van der Waals surface area contributed by atoms with Crippen LogP contribution in [0.25, 0.3) is 0 Å². The van der Waals surface area contributed by atoms with Crippen molar-refractivity contribution in [3.05, 3.63) is 41.3 Å². The van der Waals surface area contributed by atoms with Gasteiger partial charge in [-0.1, -0.05) is 19.1 Å². The molecule has 3 atom stereocenters. The summed E-state index contributed by atoms with van der Waals surface area (Å²) in [5.41, 5.74) is 0.183. The second-order valence-corrected chi connectivity index (χ2v) is 13.3. The van der Waals surface area contributed by atoms with Crippen molar-refractivity contribution in [1.82, 2.24) is 9.21 Å². The molecular weight excluding hydrogens is 502 g/mol. The Balaban J connectivity index is 2.11. The van der Waals surface area contributed by atoms with E-state index >= 15 is 0 Å². The first-order chi connectivity index (χ1) is 15.8. The van der Waals surface area contributed by atoms with E-state index in [0.717, 1.165) is 21.9 Å². The standard InChI is InChI=1S/C21H29N3O7S3/c1-14-11-24(15(2)13-25)21(26)16-7-5-8-17(22-34(29,30)19-9-6-10-32-19)20(16)31-18(14)12-23(3)33(4,27)28/h5-10,14-15,18,22,25H,11-13H2,1-4H3/t14-,15+,18-/m0/s1. The highest BCUT2D eigenvalue weighted by Gasteiger charge is 2.35. The number of carbonyl (C=O) groups excluding carboxylic acids is 1. The topological polar surface area (TPSA) is 133 Å². The lowest BCUT2D eigenvalue weighted by Crippen LogP contribution is -2.50. The summed E-state index contributed by atoms with van der Waals surface area (Å²) in [6.07, 6.45) is 0.381. The van der Waals surface area contributed by atoms with Crippen LogP contribution in [0.3, 0.4) is 0 Å². The number of rotatable bonds is 8. The van der Waals surface area contributed by atoms with Crippen LogP contribution in [0.5, 0.6) is 5.75 Å². The van der Waals surface area contributed by atoms with E-state index in [2.05, 4.69) is 4.72 Å². The van der Waals surface area contributed by atoms with Crippen LogP contribution in [0, 0.1) is 5.92 Å². The molecule has 2 N–H and O–H groups in total. The van der Waals surface area contributed by atoms with Gasteiger partial charge in [0.1, 0.15) is 10.3 Å². The SMILES string of the molecule is C[C@H](CO)N1C[C@H](C)[C@H](CN(C)S(C)(=O)=O)Oc2c(NS(=O)(=O)c3cccs3)cccc2C1=O. The van der Waals surface area contributed by atoms with Crippen LogP contribution in [-0.4, -0.2) is 82.2 Å². The lowest BCUT2D eigenvalue weighted by molar-refractivity contribution is 0.0389. The minimum absolute atomic E-state index is 0.0129. The minimum atomic E-state index is -3.94. The number of hydrogen-bond acceptors (Lipinski definition) is 8. The molecule has 2 aromatic rings. The number of amides is 1. The average molecular weight is 532 g/mol. The van der Waals surface area contributed by atoms with Gasteiger partial charge in [0.05, 0.1) is 36.7 Å². The zero-order chi connectivity index (χ0) is 25.3. The molecule has 1 aromatic carbocycles. The highest BCUT2D eigenvalue weighted by molar-refractivity contribution is 7.94. The van der Waals surface area contributed by atoms with Gasteiger partial charge in [0.2, 0.25) is 10.0 Å². The van der Waals surface area contributed by atoms with Crippen LogP contribution in [-0.2, 0) is 20.0 Å². The first-order valence-electron chi connectivity index (χ1n) is 10.5. The Kier molecular flexibility index (Phi) is 7.92. The Labute approximate surface area is 204 Å². The Hall–Kier alpha value is -2.19. The van der Waals surface area contributed by atoms with E-state index in [-0.39, 0.29) is 46.8 Å². The van der Waals surface area contributed by atoms with Crippen LogP contribution in [0.4, 0.5) is 5.69 Å². The number of benzene rings is 1. The van der Waals surface area contributed by atoms with Gasteiger partial charge in [-0.2, -0.15) is 0 Å². The van der Waals surface area contributed by atoms with Crippen molar-refractivity contribution >= 4 is 43.0 Å². The van der Waals surface area contributed by atoms with Gasteiger partial charge in [-0.15, -0.1) is 11.3 Å². The molecule has 1 aliphatic heterocycles. The predicted octanol–water partition coefficient (Wildman–Crippen LogP) is 1.66. The summed E-state index contributed by atoms with van der Waals surface area (Å²) in [6.45, 7) is 3.45. The largest absolute Gasteiger partial charge is 0.486 e. The lowest BCUT2D eigenvalue weighted by atomic mass is 9.99. The molecule has 3 rings (SSSR count). The number of carbonyl (C=O) groups is 1. The van der Waals surface area contributed by atoms with E-state index in [1.165, 1.54) is 36.2 Å². The maximum absolute atomic E-state index is 13.4. The predicted molar refractivity (Wildman–Crippen MR) is 130 cm³/mol. The van der Waals surface area contributed by atoms with E-state index in [9.17, 15) is 26.7 Å².